The second kappa shape index (κ2) is 15.9. The first kappa shape index (κ1) is 24.7. The number of hydrogen-bond acceptors (Lipinski definition) is 3. The van der Waals surface area contributed by atoms with Gasteiger partial charge in [-0.3, -0.25) is 4.79 Å². The van der Waals surface area contributed by atoms with Gasteiger partial charge in [-0.2, -0.15) is 0 Å². The summed E-state index contributed by atoms with van der Waals surface area (Å²) in [6.45, 7) is 8.49. The number of aliphatic hydroxyl groups excluding tert-OH is 1. The molecule has 0 aliphatic carbocycles. The Bertz CT molecular complexity index is 344. The van der Waals surface area contributed by atoms with Crippen molar-refractivity contribution in [3.63, 3.8) is 0 Å². The first-order valence-corrected chi connectivity index (χ1v) is 11.2. The summed E-state index contributed by atoms with van der Waals surface area (Å²) >= 11 is 1.47. The molecule has 0 amide bonds. The van der Waals surface area contributed by atoms with E-state index >= 15 is 0 Å². The molecule has 0 bridgehead atoms. The van der Waals surface area contributed by atoms with Gasteiger partial charge in [0, 0.05) is 11.2 Å². The lowest BCUT2D eigenvalue weighted by atomic mass is 10.1. The van der Waals surface area contributed by atoms with Crippen molar-refractivity contribution in [2.45, 2.75) is 122 Å². The van der Waals surface area contributed by atoms with Crippen LogP contribution in [0, 0.1) is 0 Å². The van der Waals surface area contributed by atoms with E-state index in [4.69, 9.17) is 0 Å². The molecule has 0 rings (SSSR count). The molecule has 0 saturated carbocycles. The van der Waals surface area contributed by atoms with Gasteiger partial charge in [-0.05, 0) is 32.1 Å². The Morgan fingerprint density at radius 3 is 2.28 bits per heavy atom. The first-order chi connectivity index (χ1) is 11.8. The van der Waals surface area contributed by atoms with E-state index in [9.17, 15) is 9.90 Å². The first-order valence-electron chi connectivity index (χ1n) is 10.4. The van der Waals surface area contributed by atoms with Crippen molar-refractivity contribution in [2.24, 2.45) is 0 Å². The van der Waals surface area contributed by atoms with Gasteiger partial charge >= 0.3 is 0 Å². The molecule has 0 heterocycles. The van der Waals surface area contributed by atoms with Crippen LogP contribution in [0.15, 0.2) is 12.2 Å². The summed E-state index contributed by atoms with van der Waals surface area (Å²) in [5, 5.41) is 10.2. The number of hydrogen-bond donors (Lipinski definition) is 1. The van der Waals surface area contributed by atoms with Crippen LogP contribution in [-0.4, -0.2) is 21.1 Å². The van der Waals surface area contributed by atoms with E-state index in [-0.39, 0.29) is 10.9 Å². The molecule has 25 heavy (non-hydrogen) atoms. The molecule has 2 nitrogen and oxygen atoms in total. The third-order valence-electron chi connectivity index (χ3n) is 4.14. The quantitative estimate of drug-likeness (QED) is 0.248. The molecule has 0 aromatic carbocycles. The number of rotatable bonds is 15. The van der Waals surface area contributed by atoms with Crippen LogP contribution in [0.1, 0.15) is 111 Å². The molecular weight excluding hydrogens is 328 g/mol. The van der Waals surface area contributed by atoms with Crippen molar-refractivity contribution in [1.29, 1.82) is 0 Å². The fourth-order valence-electron chi connectivity index (χ4n) is 2.75. The summed E-state index contributed by atoms with van der Waals surface area (Å²) in [6, 6.07) is 0. The molecule has 0 aliphatic heterocycles. The number of allylic oxidation sites excluding steroid dienone is 1. The van der Waals surface area contributed by atoms with Gasteiger partial charge in [0.15, 0.2) is 5.12 Å². The molecule has 0 radical (unpaired) electrons. The minimum absolute atomic E-state index is 0.0481. The maximum atomic E-state index is 11.8. The topological polar surface area (TPSA) is 37.3 Å². The second-order valence-corrected chi connectivity index (χ2v) is 9.99. The lowest BCUT2D eigenvalue weighted by Crippen LogP contribution is -2.11. The fraction of sp³-hybridized carbons (Fsp3) is 0.864. The number of carbonyl (C=O) groups is 1. The molecule has 0 aliphatic rings. The van der Waals surface area contributed by atoms with Gasteiger partial charge in [-0.25, -0.2) is 0 Å². The lowest BCUT2D eigenvalue weighted by molar-refractivity contribution is -0.111. The Morgan fingerprint density at radius 2 is 1.60 bits per heavy atom. The summed E-state index contributed by atoms with van der Waals surface area (Å²) in [4.78, 5) is 11.8. The van der Waals surface area contributed by atoms with Gasteiger partial charge in [0.2, 0.25) is 0 Å². The third kappa shape index (κ3) is 19.9. The van der Waals surface area contributed by atoms with Gasteiger partial charge in [0.25, 0.3) is 0 Å². The molecule has 1 unspecified atom stereocenters. The standard InChI is InChI=1S/C22H42O2S/c1-5-6-7-14-17-20(23)18-15-12-10-8-9-11-13-16-19-21(24)25-22(2,3)4/h12,15,20,23H,5-11,13-14,16-19H2,1-4H3/b15-12+. The zero-order valence-corrected chi connectivity index (χ0v) is 18.0. The largest absolute Gasteiger partial charge is 0.393 e. The van der Waals surface area contributed by atoms with Gasteiger partial charge in [-0.1, -0.05) is 96.6 Å². The van der Waals surface area contributed by atoms with E-state index in [1.165, 1.54) is 50.3 Å². The van der Waals surface area contributed by atoms with Crippen LogP contribution in [0.4, 0.5) is 0 Å². The summed E-state index contributed by atoms with van der Waals surface area (Å²) in [5.41, 5.74) is 0. The second-order valence-electron chi connectivity index (χ2n) is 8.10. The van der Waals surface area contributed by atoms with Crippen molar-refractivity contribution >= 4 is 16.9 Å². The van der Waals surface area contributed by atoms with Crippen LogP contribution in [0.25, 0.3) is 0 Å². The van der Waals surface area contributed by atoms with E-state index in [1.54, 1.807) is 0 Å². The number of thioether (sulfide) groups is 1. The van der Waals surface area contributed by atoms with Crippen molar-refractivity contribution in [3.05, 3.63) is 12.2 Å². The average molecular weight is 371 g/mol. The maximum absolute atomic E-state index is 11.8. The molecule has 0 aromatic heterocycles. The molecule has 0 aromatic rings. The molecule has 0 spiro atoms. The van der Waals surface area contributed by atoms with Crippen LogP contribution in [0.3, 0.4) is 0 Å². The Morgan fingerprint density at radius 1 is 0.960 bits per heavy atom. The monoisotopic (exact) mass is 370 g/mol. The Labute approximate surface area is 161 Å². The molecule has 1 N–H and O–H groups in total. The maximum Gasteiger partial charge on any atom is 0.189 e. The van der Waals surface area contributed by atoms with Crippen LogP contribution < -0.4 is 0 Å². The van der Waals surface area contributed by atoms with E-state index < -0.39 is 0 Å². The van der Waals surface area contributed by atoms with Crippen LogP contribution in [0.5, 0.6) is 0 Å². The average Bonchev–Trinajstić information content (AvgIpc) is 2.51. The van der Waals surface area contributed by atoms with Crippen LogP contribution in [-0.2, 0) is 4.79 Å². The van der Waals surface area contributed by atoms with Gasteiger partial charge < -0.3 is 5.11 Å². The van der Waals surface area contributed by atoms with Gasteiger partial charge in [0.05, 0.1) is 6.10 Å². The Hall–Kier alpha value is -0.280. The zero-order valence-electron chi connectivity index (χ0n) is 17.2. The van der Waals surface area contributed by atoms with Crippen molar-refractivity contribution in [1.82, 2.24) is 0 Å². The highest BCUT2D eigenvalue weighted by Crippen LogP contribution is 2.26. The summed E-state index contributed by atoms with van der Waals surface area (Å²) in [7, 11) is 0. The van der Waals surface area contributed by atoms with Crippen LogP contribution in [0.2, 0.25) is 0 Å². The van der Waals surface area contributed by atoms with Crippen molar-refractivity contribution in [2.75, 3.05) is 0 Å². The van der Waals surface area contributed by atoms with E-state index in [2.05, 4.69) is 39.8 Å². The smallest absolute Gasteiger partial charge is 0.189 e. The molecule has 148 valence electrons. The van der Waals surface area contributed by atoms with Gasteiger partial charge in [0.1, 0.15) is 0 Å². The Kier molecular flexibility index (Phi) is 15.8. The molecule has 1 atom stereocenters. The van der Waals surface area contributed by atoms with E-state index in [0.29, 0.717) is 5.12 Å². The number of unbranched alkanes of at least 4 members (excludes halogenated alkanes) is 8. The number of aliphatic hydroxyl groups is 1. The van der Waals surface area contributed by atoms with E-state index in [0.717, 1.165) is 44.9 Å². The highest BCUT2D eigenvalue weighted by Gasteiger charge is 2.15. The minimum Gasteiger partial charge on any atom is -0.393 e. The Balaban J connectivity index is 3.39. The fourth-order valence-corrected chi connectivity index (χ4v) is 3.68. The SMILES string of the molecule is CCCCCCC(O)C/C=C/CCCCCCCC(=O)SC(C)(C)C. The third-order valence-corrected chi connectivity index (χ3v) is 5.18. The van der Waals surface area contributed by atoms with Crippen molar-refractivity contribution < 1.29 is 9.90 Å². The molecule has 0 saturated heterocycles. The minimum atomic E-state index is -0.156. The summed E-state index contributed by atoms with van der Waals surface area (Å²) in [5.74, 6) is 0. The lowest BCUT2D eigenvalue weighted by Gasteiger charge is -2.15. The molecule has 0 fully saturated rings. The van der Waals surface area contributed by atoms with Crippen LogP contribution >= 0.6 is 11.8 Å². The zero-order chi connectivity index (χ0) is 19.0. The molecular formula is C22H42O2S. The number of carbonyl (C=O) groups excluding carboxylic acids is 1. The summed E-state index contributed by atoms with van der Waals surface area (Å²) < 4.78 is 0.0481. The highest BCUT2D eigenvalue weighted by molar-refractivity contribution is 8.14. The highest BCUT2D eigenvalue weighted by atomic mass is 32.2. The van der Waals surface area contributed by atoms with Gasteiger partial charge in [-0.15, -0.1) is 0 Å². The summed E-state index contributed by atoms with van der Waals surface area (Å²) in [6.07, 6.45) is 18.6. The normalized spacial score (nSPS) is 13.5. The predicted octanol–water partition coefficient (Wildman–Crippen LogP) is 7.05. The van der Waals surface area contributed by atoms with Crippen molar-refractivity contribution in [3.8, 4) is 0 Å². The van der Waals surface area contributed by atoms with E-state index in [1.807, 2.05) is 0 Å². The molecule has 3 heteroatoms. The predicted molar refractivity (Wildman–Crippen MR) is 113 cm³/mol.